The summed E-state index contributed by atoms with van der Waals surface area (Å²) in [7, 11) is 0. The highest BCUT2D eigenvalue weighted by atomic mass is 35.5. The van der Waals surface area contributed by atoms with Crippen molar-refractivity contribution in [1.29, 1.82) is 0 Å². The molecule has 1 aromatic rings. The standard InChI is InChI=1S/C15H15ClF3NO3/c16-12-6-11(7-20-13(12)23-9-15(17,18)19)14(21)22-8-10-4-2-1-3-5-10/h1-2,6-7,10H,3-5,8-9H2. The predicted molar refractivity (Wildman–Crippen MR) is 77.6 cm³/mol. The molecular formula is C15H15ClF3NO3. The van der Waals surface area contributed by atoms with Crippen LogP contribution in [0.2, 0.25) is 5.02 Å². The Kier molecular flexibility index (Phi) is 5.87. The largest absolute Gasteiger partial charge is 0.467 e. The molecule has 126 valence electrons. The molecule has 0 aliphatic heterocycles. The van der Waals surface area contributed by atoms with Crippen molar-refractivity contribution in [1.82, 2.24) is 4.98 Å². The quantitative estimate of drug-likeness (QED) is 0.591. The van der Waals surface area contributed by atoms with Gasteiger partial charge in [0, 0.05) is 6.20 Å². The second kappa shape index (κ2) is 7.68. The van der Waals surface area contributed by atoms with Crippen LogP contribution in [0, 0.1) is 5.92 Å². The highest BCUT2D eigenvalue weighted by molar-refractivity contribution is 6.32. The van der Waals surface area contributed by atoms with E-state index in [9.17, 15) is 18.0 Å². The van der Waals surface area contributed by atoms with Crippen molar-refractivity contribution in [3.8, 4) is 5.88 Å². The maximum absolute atomic E-state index is 12.1. The first-order valence-corrected chi connectivity index (χ1v) is 7.40. The van der Waals surface area contributed by atoms with Gasteiger partial charge in [0.25, 0.3) is 0 Å². The number of pyridine rings is 1. The molecule has 1 heterocycles. The molecule has 2 rings (SSSR count). The molecule has 0 radical (unpaired) electrons. The Morgan fingerprint density at radius 3 is 2.78 bits per heavy atom. The number of rotatable bonds is 5. The number of halogens is 4. The first-order valence-electron chi connectivity index (χ1n) is 7.02. The highest BCUT2D eigenvalue weighted by Gasteiger charge is 2.29. The third-order valence-electron chi connectivity index (χ3n) is 3.24. The molecule has 1 aromatic heterocycles. The third kappa shape index (κ3) is 5.74. The van der Waals surface area contributed by atoms with Gasteiger partial charge in [0.2, 0.25) is 5.88 Å². The number of ether oxygens (including phenoxy) is 2. The summed E-state index contributed by atoms with van der Waals surface area (Å²) in [5.41, 5.74) is 0.0701. The minimum Gasteiger partial charge on any atom is -0.467 e. The molecule has 0 saturated heterocycles. The lowest BCUT2D eigenvalue weighted by Crippen LogP contribution is -2.20. The summed E-state index contributed by atoms with van der Waals surface area (Å²) in [6, 6.07) is 1.18. The van der Waals surface area contributed by atoms with Crippen LogP contribution in [0.4, 0.5) is 13.2 Å². The molecule has 0 spiro atoms. The van der Waals surface area contributed by atoms with Gasteiger partial charge in [-0.2, -0.15) is 13.2 Å². The van der Waals surface area contributed by atoms with Crippen LogP contribution in [0.25, 0.3) is 0 Å². The number of alkyl halides is 3. The van der Waals surface area contributed by atoms with Gasteiger partial charge in [-0.05, 0) is 31.2 Å². The lowest BCUT2D eigenvalue weighted by molar-refractivity contribution is -0.154. The molecule has 1 aliphatic rings. The summed E-state index contributed by atoms with van der Waals surface area (Å²) < 4.78 is 45.9. The van der Waals surface area contributed by atoms with Crippen molar-refractivity contribution < 1.29 is 27.4 Å². The van der Waals surface area contributed by atoms with E-state index in [1.54, 1.807) is 0 Å². The summed E-state index contributed by atoms with van der Waals surface area (Å²) in [5.74, 6) is -0.712. The Morgan fingerprint density at radius 2 is 2.17 bits per heavy atom. The monoisotopic (exact) mass is 349 g/mol. The molecule has 1 aliphatic carbocycles. The molecule has 0 amide bonds. The number of hydrogen-bond donors (Lipinski definition) is 0. The van der Waals surface area contributed by atoms with Crippen molar-refractivity contribution in [2.75, 3.05) is 13.2 Å². The number of carbonyl (C=O) groups excluding carboxylic acids is 1. The maximum atomic E-state index is 12.1. The zero-order valence-electron chi connectivity index (χ0n) is 12.1. The molecule has 0 aromatic carbocycles. The van der Waals surface area contributed by atoms with E-state index in [2.05, 4.69) is 15.8 Å². The van der Waals surface area contributed by atoms with Crippen molar-refractivity contribution >= 4 is 17.6 Å². The van der Waals surface area contributed by atoms with Gasteiger partial charge in [0.05, 0.1) is 12.2 Å². The lowest BCUT2D eigenvalue weighted by Gasteiger charge is -2.17. The van der Waals surface area contributed by atoms with Gasteiger partial charge in [0.1, 0.15) is 5.02 Å². The fourth-order valence-electron chi connectivity index (χ4n) is 2.08. The normalized spacial score (nSPS) is 17.8. The van der Waals surface area contributed by atoms with Crippen molar-refractivity contribution in [3.05, 3.63) is 35.0 Å². The minimum absolute atomic E-state index is 0.0701. The average molecular weight is 350 g/mol. The molecule has 1 atom stereocenters. The van der Waals surface area contributed by atoms with Crippen molar-refractivity contribution in [2.24, 2.45) is 5.92 Å². The van der Waals surface area contributed by atoms with Gasteiger partial charge in [-0.25, -0.2) is 9.78 Å². The summed E-state index contributed by atoms with van der Waals surface area (Å²) in [6.45, 7) is -1.22. The summed E-state index contributed by atoms with van der Waals surface area (Å²) >= 11 is 5.78. The van der Waals surface area contributed by atoms with Crippen LogP contribution in [0.1, 0.15) is 29.6 Å². The van der Waals surface area contributed by atoms with Crippen molar-refractivity contribution in [3.63, 3.8) is 0 Å². The number of carbonyl (C=O) groups is 1. The van der Waals surface area contributed by atoms with E-state index in [4.69, 9.17) is 16.3 Å². The van der Waals surface area contributed by atoms with Gasteiger partial charge >= 0.3 is 12.1 Å². The summed E-state index contributed by atoms with van der Waals surface area (Å²) in [5, 5.41) is -0.177. The summed E-state index contributed by atoms with van der Waals surface area (Å²) in [4.78, 5) is 15.5. The topological polar surface area (TPSA) is 48.4 Å². The fourth-order valence-corrected chi connectivity index (χ4v) is 2.30. The van der Waals surface area contributed by atoms with E-state index in [1.165, 1.54) is 6.07 Å². The molecule has 8 heteroatoms. The van der Waals surface area contributed by atoms with E-state index >= 15 is 0 Å². The molecule has 4 nitrogen and oxygen atoms in total. The van der Waals surface area contributed by atoms with Crippen LogP contribution in [0.5, 0.6) is 5.88 Å². The molecule has 0 saturated carbocycles. The van der Waals surface area contributed by atoms with Gasteiger partial charge in [0.15, 0.2) is 6.61 Å². The Labute approximate surface area is 136 Å². The molecule has 23 heavy (non-hydrogen) atoms. The van der Waals surface area contributed by atoms with Gasteiger partial charge in [-0.15, -0.1) is 0 Å². The van der Waals surface area contributed by atoms with Gasteiger partial charge in [-0.1, -0.05) is 23.8 Å². The van der Waals surface area contributed by atoms with Crippen LogP contribution in [0.3, 0.4) is 0 Å². The van der Waals surface area contributed by atoms with E-state index in [0.717, 1.165) is 25.5 Å². The maximum Gasteiger partial charge on any atom is 0.422 e. The van der Waals surface area contributed by atoms with Crippen LogP contribution in [0.15, 0.2) is 24.4 Å². The zero-order valence-corrected chi connectivity index (χ0v) is 12.9. The van der Waals surface area contributed by atoms with Crippen LogP contribution < -0.4 is 4.74 Å². The second-order valence-corrected chi connectivity index (χ2v) is 5.57. The van der Waals surface area contributed by atoms with E-state index in [1.807, 2.05) is 6.08 Å². The molecule has 0 N–H and O–H groups in total. The summed E-state index contributed by atoms with van der Waals surface area (Å²) in [6.07, 6.45) is 3.50. The lowest BCUT2D eigenvalue weighted by atomic mass is 9.95. The van der Waals surface area contributed by atoms with Crippen LogP contribution in [-0.4, -0.2) is 30.3 Å². The Balaban J connectivity index is 1.90. The van der Waals surface area contributed by atoms with Gasteiger partial charge in [-0.3, -0.25) is 0 Å². The number of aromatic nitrogens is 1. The highest BCUT2D eigenvalue weighted by Crippen LogP contribution is 2.25. The Bertz CT molecular complexity index is 590. The third-order valence-corrected chi connectivity index (χ3v) is 3.51. The van der Waals surface area contributed by atoms with E-state index in [-0.39, 0.29) is 29.0 Å². The van der Waals surface area contributed by atoms with Crippen LogP contribution in [-0.2, 0) is 4.74 Å². The number of hydrogen-bond acceptors (Lipinski definition) is 4. The van der Waals surface area contributed by atoms with Crippen LogP contribution >= 0.6 is 11.6 Å². The molecular weight excluding hydrogens is 335 g/mol. The smallest absolute Gasteiger partial charge is 0.422 e. The molecule has 1 unspecified atom stereocenters. The Hall–Kier alpha value is -1.76. The predicted octanol–water partition coefficient (Wildman–Crippen LogP) is 4.19. The number of nitrogens with zero attached hydrogens (tertiary/aromatic N) is 1. The minimum atomic E-state index is -4.49. The number of allylic oxidation sites excluding steroid dienone is 2. The van der Waals surface area contributed by atoms with E-state index < -0.39 is 18.8 Å². The molecule has 0 bridgehead atoms. The van der Waals surface area contributed by atoms with Gasteiger partial charge < -0.3 is 9.47 Å². The fraction of sp³-hybridized carbons (Fsp3) is 0.467. The molecule has 0 fully saturated rings. The average Bonchev–Trinajstić information content (AvgIpc) is 2.51. The first kappa shape index (κ1) is 17.6. The zero-order chi connectivity index (χ0) is 16.9. The Morgan fingerprint density at radius 1 is 1.39 bits per heavy atom. The van der Waals surface area contributed by atoms with E-state index in [0.29, 0.717) is 0 Å². The number of esters is 1. The second-order valence-electron chi connectivity index (χ2n) is 5.16. The SMILES string of the molecule is O=C(OCC1CC=CCC1)c1cnc(OCC(F)(F)F)c(Cl)c1. The first-order chi connectivity index (χ1) is 10.8. The van der Waals surface area contributed by atoms with Crippen molar-refractivity contribution in [2.45, 2.75) is 25.4 Å².